The molecule has 0 spiro atoms. The van der Waals surface area contributed by atoms with E-state index in [0.29, 0.717) is 17.3 Å². The lowest BCUT2D eigenvalue weighted by molar-refractivity contribution is 0.0903. The Hall–Kier alpha value is -2.19. The number of hydrogen-bond donors (Lipinski definition) is 0. The van der Waals surface area contributed by atoms with Gasteiger partial charge in [-0.25, -0.2) is 0 Å². The lowest BCUT2D eigenvalue weighted by Crippen LogP contribution is -2.01. The van der Waals surface area contributed by atoms with Crippen molar-refractivity contribution in [1.82, 2.24) is 10.1 Å². The fraction of sp³-hybridized carbons (Fsp3) is 0.357. The number of aromatic nitrogens is 2. The van der Waals surface area contributed by atoms with E-state index in [1.807, 2.05) is 19.9 Å². The van der Waals surface area contributed by atoms with Gasteiger partial charge in [0, 0.05) is 12.7 Å². The first kappa shape index (κ1) is 13.2. The monoisotopic (exact) mass is 257 g/mol. The molecule has 0 bridgehead atoms. The zero-order chi connectivity index (χ0) is 13.8. The lowest BCUT2D eigenvalue weighted by Gasteiger charge is -2.06. The predicted octanol–water partition coefficient (Wildman–Crippen LogP) is 3.01. The molecule has 1 unspecified atom stereocenters. The molecule has 0 aliphatic carbocycles. The van der Waals surface area contributed by atoms with Crippen molar-refractivity contribution in [2.45, 2.75) is 26.4 Å². The number of methoxy groups -OCH3 is 1. The number of aryl methyl sites for hydroxylation is 1. The molecule has 98 valence electrons. The number of rotatable bonds is 4. The van der Waals surface area contributed by atoms with Gasteiger partial charge in [-0.15, -0.1) is 0 Å². The Morgan fingerprint density at radius 1 is 1.47 bits per heavy atom. The third kappa shape index (κ3) is 2.64. The molecule has 0 aliphatic rings. The number of nitrogens with zero attached hydrogens (tertiary/aromatic N) is 3. The van der Waals surface area contributed by atoms with E-state index >= 15 is 0 Å². The Kier molecular flexibility index (Phi) is 3.93. The third-order valence-corrected chi connectivity index (χ3v) is 2.97. The fourth-order valence-corrected chi connectivity index (χ4v) is 1.90. The zero-order valence-corrected chi connectivity index (χ0v) is 11.2. The van der Waals surface area contributed by atoms with Crippen LogP contribution in [0.25, 0.3) is 11.5 Å². The van der Waals surface area contributed by atoms with Gasteiger partial charge >= 0.3 is 0 Å². The van der Waals surface area contributed by atoms with E-state index in [1.165, 1.54) is 0 Å². The molecule has 19 heavy (non-hydrogen) atoms. The molecule has 1 aromatic carbocycles. The zero-order valence-electron chi connectivity index (χ0n) is 11.2. The molecule has 5 heteroatoms. The number of ether oxygens (including phenoxy) is 1. The van der Waals surface area contributed by atoms with Crippen molar-refractivity contribution in [1.29, 1.82) is 5.26 Å². The van der Waals surface area contributed by atoms with Crippen LogP contribution in [0.3, 0.4) is 0 Å². The van der Waals surface area contributed by atoms with Crippen LogP contribution in [-0.4, -0.2) is 17.3 Å². The summed E-state index contributed by atoms with van der Waals surface area (Å²) < 4.78 is 10.5. The van der Waals surface area contributed by atoms with Gasteiger partial charge in [-0.3, -0.25) is 0 Å². The maximum Gasteiger partial charge on any atom is 0.258 e. The Bertz CT molecular complexity index is 609. The second-order valence-corrected chi connectivity index (χ2v) is 4.23. The number of benzene rings is 1. The minimum absolute atomic E-state index is 0.156. The molecule has 5 nitrogen and oxygen atoms in total. The molecule has 0 N–H and O–H groups in total. The topological polar surface area (TPSA) is 71.9 Å². The molecule has 0 aliphatic heterocycles. The van der Waals surface area contributed by atoms with Crippen LogP contribution in [0.1, 0.15) is 36.4 Å². The van der Waals surface area contributed by atoms with Crippen LogP contribution in [0.4, 0.5) is 0 Å². The average Bonchev–Trinajstić information content (AvgIpc) is 2.89. The summed E-state index contributed by atoms with van der Waals surface area (Å²) >= 11 is 0. The van der Waals surface area contributed by atoms with Crippen molar-refractivity contribution >= 4 is 0 Å². The predicted molar refractivity (Wildman–Crippen MR) is 69.2 cm³/mol. The van der Waals surface area contributed by atoms with Gasteiger partial charge in [-0.2, -0.15) is 10.2 Å². The number of nitriles is 1. The van der Waals surface area contributed by atoms with E-state index in [0.717, 1.165) is 17.5 Å². The van der Waals surface area contributed by atoms with Gasteiger partial charge < -0.3 is 9.26 Å². The van der Waals surface area contributed by atoms with E-state index in [1.54, 1.807) is 19.2 Å². The summed E-state index contributed by atoms with van der Waals surface area (Å²) in [7, 11) is 1.62. The highest BCUT2D eigenvalue weighted by Crippen LogP contribution is 2.25. The van der Waals surface area contributed by atoms with E-state index in [4.69, 9.17) is 14.5 Å². The second-order valence-electron chi connectivity index (χ2n) is 4.23. The van der Waals surface area contributed by atoms with Crippen LogP contribution >= 0.6 is 0 Å². The van der Waals surface area contributed by atoms with Gasteiger partial charge in [0.05, 0.1) is 11.6 Å². The Morgan fingerprint density at radius 2 is 2.26 bits per heavy atom. The van der Waals surface area contributed by atoms with Gasteiger partial charge in [0.1, 0.15) is 6.10 Å². The fourth-order valence-electron chi connectivity index (χ4n) is 1.90. The highest BCUT2D eigenvalue weighted by molar-refractivity contribution is 5.60. The standard InChI is InChI=1S/C14H15N3O2/c1-4-12(18-3)13-16-14(19-17-13)11-6-5-10(8-15)7-9(11)2/h5-7,12H,4H2,1-3H3. The molecule has 0 amide bonds. The van der Waals surface area contributed by atoms with Crippen molar-refractivity contribution in [2.75, 3.05) is 7.11 Å². The summed E-state index contributed by atoms with van der Waals surface area (Å²) in [4.78, 5) is 4.35. The van der Waals surface area contributed by atoms with Crippen molar-refractivity contribution < 1.29 is 9.26 Å². The quantitative estimate of drug-likeness (QED) is 0.841. The largest absolute Gasteiger partial charge is 0.373 e. The van der Waals surface area contributed by atoms with Crippen LogP contribution < -0.4 is 0 Å². The maximum atomic E-state index is 8.85. The van der Waals surface area contributed by atoms with Crippen molar-refractivity contribution in [2.24, 2.45) is 0 Å². The summed E-state index contributed by atoms with van der Waals surface area (Å²) in [6.07, 6.45) is 0.623. The smallest absolute Gasteiger partial charge is 0.258 e. The normalized spacial score (nSPS) is 12.1. The van der Waals surface area contributed by atoms with Gasteiger partial charge in [-0.05, 0) is 37.1 Å². The van der Waals surface area contributed by atoms with E-state index in [2.05, 4.69) is 16.2 Å². The summed E-state index contributed by atoms with van der Waals surface area (Å²) in [6.45, 7) is 3.91. The van der Waals surface area contributed by atoms with E-state index < -0.39 is 0 Å². The van der Waals surface area contributed by atoms with Crippen molar-refractivity contribution in [3.8, 4) is 17.5 Å². The molecule has 1 aromatic heterocycles. The maximum absolute atomic E-state index is 8.85. The molecule has 2 rings (SSSR count). The van der Waals surface area contributed by atoms with Crippen LogP contribution in [-0.2, 0) is 4.74 Å². The summed E-state index contributed by atoms with van der Waals surface area (Å²) in [5, 5.41) is 12.8. The Labute approximate surface area is 111 Å². The first-order chi connectivity index (χ1) is 9.19. The molecule has 2 aromatic rings. The number of hydrogen-bond acceptors (Lipinski definition) is 5. The molecular formula is C14H15N3O2. The molecule has 0 fully saturated rings. The molecule has 1 heterocycles. The Balaban J connectivity index is 2.36. The average molecular weight is 257 g/mol. The first-order valence-electron chi connectivity index (χ1n) is 6.07. The molecule has 1 atom stereocenters. The van der Waals surface area contributed by atoms with Crippen LogP contribution in [0.15, 0.2) is 22.7 Å². The minimum Gasteiger partial charge on any atom is -0.373 e. The molecule has 0 saturated carbocycles. The van der Waals surface area contributed by atoms with Gasteiger partial charge in [0.25, 0.3) is 5.89 Å². The second kappa shape index (κ2) is 5.63. The van der Waals surface area contributed by atoms with Gasteiger partial charge in [0.2, 0.25) is 5.82 Å². The highest BCUT2D eigenvalue weighted by Gasteiger charge is 2.17. The summed E-state index contributed by atoms with van der Waals surface area (Å²) in [5.74, 6) is 0.997. The van der Waals surface area contributed by atoms with Crippen molar-refractivity contribution in [3.05, 3.63) is 35.2 Å². The summed E-state index contributed by atoms with van der Waals surface area (Å²) in [5.41, 5.74) is 2.38. The highest BCUT2D eigenvalue weighted by atomic mass is 16.5. The summed E-state index contributed by atoms with van der Waals surface area (Å²) in [6, 6.07) is 7.45. The van der Waals surface area contributed by atoms with Crippen LogP contribution in [0.2, 0.25) is 0 Å². The SMILES string of the molecule is CCC(OC)c1noc(-c2ccc(C#N)cc2C)n1. The minimum atomic E-state index is -0.156. The first-order valence-corrected chi connectivity index (χ1v) is 6.07. The molecule has 0 radical (unpaired) electrons. The van der Waals surface area contributed by atoms with E-state index in [-0.39, 0.29) is 6.10 Å². The molecular weight excluding hydrogens is 242 g/mol. The van der Waals surface area contributed by atoms with Crippen LogP contribution in [0, 0.1) is 18.3 Å². The lowest BCUT2D eigenvalue weighted by atomic mass is 10.1. The van der Waals surface area contributed by atoms with Crippen molar-refractivity contribution in [3.63, 3.8) is 0 Å². The third-order valence-electron chi connectivity index (χ3n) is 2.97. The van der Waals surface area contributed by atoms with E-state index in [9.17, 15) is 0 Å². The van der Waals surface area contributed by atoms with Gasteiger partial charge in [-0.1, -0.05) is 12.1 Å². The van der Waals surface area contributed by atoms with Gasteiger partial charge in [0.15, 0.2) is 0 Å². The molecule has 0 saturated heterocycles. The Morgan fingerprint density at radius 3 is 2.84 bits per heavy atom. The van der Waals surface area contributed by atoms with Crippen LogP contribution in [0.5, 0.6) is 0 Å².